The quantitative estimate of drug-likeness (QED) is 0.927. The molecule has 4 nitrogen and oxygen atoms in total. The highest BCUT2D eigenvalue weighted by Gasteiger charge is 2.31. The molecule has 1 atom stereocenters. The molecule has 1 aromatic carbocycles. The number of β-amino-alcohol motifs (C(OH)–C–C–N with tert-alkyl or cyclic N) is 1. The molecular formula is C17H25NO3. The third-order valence-electron chi connectivity index (χ3n) is 3.75. The van der Waals surface area contributed by atoms with Crippen LogP contribution in [0.15, 0.2) is 24.3 Å². The largest absolute Gasteiger partial charge is 0.388 e. The first-order valence-electron chi connectivity index (χ1n) is 7.59. The van der Waals surface area contributed by atoms with Crippen LogP contribution in [-0.4, -0.2) is 40.7 Å². The van der Waals surface area contributed by atoms with Crippen molar-refractivity contribution in [1.82, 2.24) is 4.90 Å². The zero-order valence-corrected chi connectivity index (χ0v) is 13.1. The lowest BCUT2D eigenvalue weighted by molar-refractivity contribution is -0.0107. The van der Waals surface area contributed by atoms with Gasteiger partial charge in [-0.2, -0.15) is 0 Å². The highest BCUT2D eigenvalue weighted by atomic mass is 16.5. The Morgan fingerprint density at radius 1 is 1.38 bits per heavy atom. The number of benzene rings is 1. The molecule has 0 radical (unpaired) electrons. The van der Waals surface area contributed by atoms with Gasteiger partial charge in [0.1, 0.15) is 0 Å². The normalized spacial score (nSPS) is 22.6. The molecule has 1 heterocycles. The third-order valence-corrected chi connectivity index (χ3v) is 3.75. The Kier molecular flexibility index (Phi) is 5.01. The van der Waals surface area contributed by atoms with E-state index in [1.807, 2.05) is 38.1 Å². The maximum absolute atomic E-state index is 12.4. The summed E-state index contributed by atoms with van der Waals surface area (Å²) in [5.41, 5.74) is 0.964. The van der Waals surface area contributed by atoms with Gasteiger partial charge >= 0.3 is 0 Å². The van der Waals surface area contributed by atoms with E-state index in [4.69, 9.17) is 4.74 Å². The number of piperidine rings is 1. The van der Waals surface area contributed by atoms with Crippen LogP contribution in [0, 0.1) is 0 Å². The van der Waals surface area contributed by atoms with Gasteiger partial charge in [0.2, 0.25) is 0 Å². The standard InChI is InChI=1S/C17H25NO3/c1-13(2)21-11-14-5-7-15(8-6-14)16(19)18-10-4-9-17(3,20)12-18/h5-8,13,20H,4,9-12H2,1-3H3. The molecule has 0 aliphatic carbocycles. The zero-order chi connectivity index (χ0) is 15.5. The van der Waals surface area contributed by atoms with Crippen molar-refractivity contribution in [3.63, 3.8) is 0 Å². The summed E-state index contributed by atoms with van der Waals surface area (Å²) in [5, 5.41) is 10.1. The van der Waals surface area contributed by atoms with Crippen LogP contribution in [0.2, 0.25) is 0 Å². The van der Waals surface area contributed by atoms with Gasteiger partial charge in [0.05, 0.1) is 18.3 Å². The number of hydrogen-bond acceptors (Lipinski definition) is 3. The summed E-state index contributed by atoms with van der Waals surface area (Å²) >= 11 is 0. The van der Waals surface area contributed by atoms with Crippen molar-refractivity contribution >= 4 is 5.91 Å². The summed E-state index contributed by atoms with van der Waals surface area (Å²) in [7, 11) is 0. The second kappa shape index (κ2) is 6.58. The van der Waals surface area contributed by atoms with E-state index < -0.39 is 5.60 Å². The topological polar surface area (TPSA) is 49.8 Å². The number of carbonyl (C=O) groups excluding carboxylic acids is 1. The summed E-state index contributed by atoms with van der Waals surface area (Å²) < 4.78 is 5.54. The van der Waals surface area contributed by atoms with E-state index >= 15 is 0 Å². The van der Waals surface area contributed by atoms with Crippen LogP contribution in [0.4, 0.5) is 0 Å². The fourth-order valence-electron chi connectivity index (χ4n) is 2.58. The van der Waals surface area contributed by atoms with E-state index in [9.17, 15) is 9.90 Å². The first-order valence-corrected chi connectivity index (χ1v) is 7.59. The number of likely N-dealkylation sites (tertiary alicyclic amines) is 1. The molecule has 4 heteroatoms. The molecule has 0 bridgehead atoms. The van der Waals surface area contributed by atoms with E-state index in [2.05, 4.69) is 0 Å². The monoisotopic (exact) mass is 291 g/mol. The van der Waals surface area contributed by atoms with Gasteiger partial charge in [0.15, 0.2) is 0 Å². The van der Waals surface area contributed by atoms with Crippen LogP contribution in [0.1, 0.15) is 49.5 Å². The Morgan fingerprint density at radius 3 is 2.62 bits per heavy atom. The first kappa shape index (κ1) is 16.0. The van der Waals surface area contributed by atoms with Gasteiger partial charge in [-0.05, 0) is 51.3 Å². The lowest BCUT2D eigenvalue weighted by atomic mass is 9.94. The molecular weight excluding hydrogens is 266 g/mol. The molecule has 1 aliphatic rings. The number of rotatable bonds is 4. The molecule has 0 spiro atoms. The summed E-state index contributed by atoms with van der Waals surface area (Å²) in [6.07, 6.45) is 1.79. The van der Waals surface area contributed by atoms with Crippen LogP contribution in [0.25, 0.3) is 0 Å². The molecule has 116 valence electrons. The highest BCUT2D eigenvalue weighted by molar-refractivity contribution is 5.94. The maximum Gasteiger partial charge on any atom is 0.253 e. The number of ether oxygens (including phenoxy) is 1. The molecule has 1 aliphatic heterocycles. The van der Waals surface area contributed by atoms with Crippen molar-refractivity contribution in [3.05, 3.63) is 35.4 Å². The van der Waals surface area contributed by atoms with E-state index in [1.54, 1.807) is 11.8 Å². The van der Waals surface area contributed by atoms with Gasteiger partial charge in [-0.25, -0.2) is 0 Å². The van der Waals surface area contributed by atoms with Crippen molar-refractivity contribution in [2.24, 2.45) is 0 Å². The van der Waals surface area contributed by atoms with Gasteiger partial charge in [-0.1, -0.05) is 12.1 Å². The molecule has 1 aromatic rings. The van der Waals surface area contributed by atoms with Gasteiger partial charge in [-0.15, -0.1) is 0 Å². The number of aliphatic hydroxyl groups is 1. The van der Waals surface area contributed by atoms with Crippen molar-refractivity contribution in [2.45, 2.75) is 51.9 Å². The van der Waals surface area contributed by atoms with Crippen LogP contribution >= 0.6 is 0 Å². The van der Waals surface area contributed by atoms with Gasteiger partial charge in [0, 0.05) is 18.7 Å². The third kappa shape index (κ3) is 4.55. The second-order valence-corrected chi connectivity index (χ2v) is 6.38. The van der Waals surface area contributed by atoms with Gasteiger partial charge < -0.3 is 14.7 Å². The molecule has 1 unspecified atom stereocenters. The molecule has 1 saturated heterocycles. The second-order valence-electron chi connectivity index (χ2n) is 6.38. The molecule has 0 saturated carbocycles. The van der Waals surface area contributed by atoms with Crippen molar-refractivity contribution < 1.29 is 14.6 Å². The number of hydrogen-bond donors (Lipinski definition) is 1. The highest BCUT2D eigenvalue weighted by Crippen LogP contribution is 2.22. The Morgan fingerprint density at radius 2 is 2.05 bits per heavy atom. The molecule has 0 aromatic heterocycles. The minimum Gasteiger partial charge on any atom is -0.388 e. The van der Waals surface area contributed by atoms with Crippen LogP contribution in [-0.2, 0) is 11.3 Å². The summed E-state index contributed by atoms with van der Waals surface area (Å²) in [6.45, 7) is 7.47. The van der Waals surface area contributed by atoms with E-state index in [0.29, 0.717) is 25.3 Å². The van der Waals surface area contributed by atoms with Gasteiger partial charge in [-0.3, -0.25) is 4.79 Å². The number of amides is 1. The predicted molar refractivity (Wildman–Crippen MR) is 82.1 cm³/mol. The molecule has 21 heavy (non-hydrogen) atoms. The molecule has 1 fully saturated rings. The molecule has 2 rings (SSSR count). The fraction of sp³-hybridized carbons (Fsp3) is 0.588. The van der Waals surface area contributed by atoms with E-state index in [1.165, 1.54) is 0 Å². The van der Waals surface area contributed by atoms with Crippen molar-refractivity contribution in [2.75, 3.05) is 13.1 Å². The summed E-state index contributed by atoms with van der Waals surface area (Å²) in [5.74, 6) is -0.00805. The predicted octanol–water partition coefficient (Wildman–Crippen LogP) is 2.60. The Balaban J connectivity index is 1.99. The molecule has 1 N–H and O–H groups in total. The zero-order valence-electron chi connectivity index (χ0n) is 13.1. The fourth-order valence-corrected chi connectivity index (χ4v) is 2.58. The van der Waals surface area contributed by atoms with Crippen molar-refractivity contribution in [3.8, 4) is 0 Å². The average molecular weight is 291 g/mol. The van der Waals surface area contributed by atoms with Crippen molar-refractivity contribution in [1.29, 1.82) is 0 Å². The number of nitrogens with zero attached hydrogens (tertiary/aromatic N) is 1. The first-order chi connectivity index (χ1) is 9.87. The SMILES string of the molecule is CC(C)OCc1ccc(C(=O)N2CCCC(C)(O)C2)cc1. The summed E-state index contributed by atoms with van der Waals surface area (Å²) in [4.78, 5) is 14.2. The Bertz CT molecular complexity index is 479. The average Bonchev–Trinajstić information content (AvgIpc) is 2.44. The smallest absolute Gasteiger partial charge is 0.253 e. The van der Waals surface area contributed by atoms with Crippen LogP contribution in [0.5, 0.6) is 0 Å². The minimum atomic E-state index is -0.765. The van der Waals surface area contributed by atoms with Crippen LogP contribution < -0.4 is 0 Å². The summed E-state index contributed by atoms with van der Waals surface area (Å²) in [6, 6.07) is 7.53. The molecule has 1 amide bonds. The minimum absolute atomic E-state index is 0.00805. The van der Waals surface area contributed by atoms with E-state index in [0.717, 1.165) is 18.4 Å². The number of carbonyl (C=O) groups is 1. The Hall–Kier alpha value is -1.39. The van der Waals surface area contributed by atoms with Gasteiger partial charge in [0.25, 0.3) is 5.91 Å². The maximum atomic E-state index is 12.4. The lowest BCUT2D eigenvalue weighted by Crippen LogP contribution is -2.48. The van der Waals surface area contributed by atoms with Crippen LogP contribution in [0.3, 0.4) is 0 Å². The Labute approximate surface area is 126 Å². The lowest BCUT2D eigenvalue weighted by Gasteiger charge is -2.36. The van der Waals surface area contributed by atoms with E-state index in [-0.39, 0.29) is 12.0 Å².